The Morgan fingerprint density at radius 2 is 1.90 bits per heavy atom. The fourth-order valence-electron chi connectivity index (χ4n) is 1.70. The Morgan fingerprint density at radius 3 is 2.70 bits per heavy atom. The Labute approximate surface area is 61.1 Å². The van der Waals surface area contributed by atoms with Gasteiger partial charge >= 0.3 is 0 Å². The molecule has 0 aromatic rings. The zero-order valence-electron chi connectivity index (χ0n) is 6.10. The van der Waals surface area contributed by atoms with Gasteiger partial charge in [-0.2, -0.15) is 0 Å². The smallest absolute Gasteiger partial charge is 0.0634 e. The van der Waals surface area contributed by atoms with Gasteiger partial charge in [-0.3, -0.25) is 0 Å². The van der Waals surface area contributed by atoms with E-state index in [1.807, 2.05) is 0 Å². The number of rotatable bonds is 0. The zero-order valence-corrected chi connectivity index (χ0v) is 6.10. The lowest BCUT2D eigenvalue weighted by molar-refractivity contribution is 0.0414. The summed E-state index contributed by atoms with van der Waals surface area (Å²) in [6.07, 6.45) is 1.16. The molecule has 2 aliphatic rings. The van der Waals surface area contributed by atoms with Gasteiger partial charge in [0, 0.05) is 31.8 Å². The lowest BCUT2D eigenvalue weighted by Gasteiger charge is -2.36. The number of hydrogen-bond acceptors (Lipinski definition) is 3. The number of piperazine rings is 1. The third-order valence-electron chi connectivity index (χ3n) is 2.29. The highest BCUT2D eigenvalue weighted by Crippen LogP contribution is 2.09. The molecule has 2 saturated heterocycles. The molecule has 3 heteroatoms. The first-order valence-corrected chi connectivity index (χ1v) is 4.01. The van der Waals surface area contributed by atoms with Crippen molar-refractivity contribution >= 4 is 0 Å². The average molecular weight is 142 g/mol. The molecule has 3 nitrogen and oxygen atoms in total. The number of nitrogens with one attached hydrogen (secondary N) is 2. The van der Waals surface area contributed by atoms with Crippen LogP contribution in [0.25, 0.3) is 0 Å². The first-order chi connectivity index (χ1) is 4.97. The second kappa shape index (κ2) is 2.86. The highest BCUT2D eigenvalue weighted by Gasteiger charge is 2.26. The minimum Gasteiger partial charge on any atom is -0.380 e. The zero-order chi connectivity index (χ0) is 6.81. The minimum atomic E-state index is 0.572. The van der Waals surface area contributed by atoms with Crippen LogP contribution in [0.15, 0.2) is 0 Å². The van der Waals surface area contributed by atoms with E-state index in [-0.39, 0.29) is 0 Å². The molecule has 0 radical (unpaired) electrons. The fraction of sp³-hybridized carbons (Fsp3) is 1.00. The van der Waals surface area contributed by atoms with Gasteiger partial charge in [-0.15, -0.1) is 0 Å². The largest absolute Gasteiger partial charge is 0.380 e. The highest BCUT2D eigenvalue weighted by atomic mass is 16.5. The maximum Gasteiger partial charge on any atom is 0.0634 e. The molecule has 0 bridgehead atoms. The Kier molecular flexibility index (Phi) is 1.88. The van der Waals surface area contributed by atoms with E-state index in [9.17, 15) is 0 Å². The van der Waals surface area contributed by atoms with E-state index in [0.717, 1.165) is 32.7 Å². The summed E-state index contributed by atoms with van der Waals surface area (Å²) >= 11 is 0. The van der Waals surface area contributed by atoms with Crippen molar-refractivity contribution in [1.29, 1.82) is 0 Å². The third kappa shape index (κ3) is 1.17. The third-order valence-corrected chi connectivity index (χ3v) is 2.29. The van der Waals surface area contributed by atoms with E-state index in [2.05, 4.69) is 10.6 Å². The van der Waals surface area contributed by atoms with E-state index >= 15 is 0 Å². The van der Waals surface area contributed by atoms with Crippen molar-refractivity contribution in [2.75, 3.05) is 26.3 Å². The van der Waals surface area contributed by atoms with Gasteiger partial charge in [-0.1, -0.05) is 0 Å². The Balaban J connectivity index is 1.93. The van der Waals surface area contributed by atoms with Crippen molar-refractivity contribution in [3.63, 3.8) is 0 Å². The average Bonchev–Trinajstić information content (AvgIpc) is 2.05. The lowest BCUT2D eigenvalue weighted by atomic mass is 10.0. The van der Waals surface area contributed by atoms with Gasteiger partial charge in [0.05, 0.1) is 6.61 Å². The number of ether oxygens (including phenoxy) is 1. The van der Waals surface area contributed by atoms with Gasteiger partial charge < -0.3 is 15.4 Å². The fourth-order valence-corrected chi connectivity index (χ4v) is 1.70. The standard InChI is InChI=1S/C7H14N2O/c1-4-10-5-7-6(1)8-2-3-9-7/h6-9H,1-5H2. The second-order valence-electron chi connectivity index (χ2n) is 2.98. The summed E-state index contributed by atoms with van der Waals surface area (Å²) in [4.78, 5) is 0. The molecule has 2 fully saturated rings. The molecule has 0 aliphatic carbocycles. The van der Waals surface area contributed by atoms with E-state index in [0.29, 0.717) is 12.1 Å². The summed E-state index contributed by atoms with van der Waals surface area (Å²) in [7, 11) is 0. The van der Waals surface area contributed by atoms with Crippen LogP contribution in [-0.4, -0.2) is 38.4 Å². The second-order valence-corrected chi connectivity index (χ2v) is 2.98. The molecule has 2 rings (SSSR count). The quantitative estimate of drug-likeness (QED) is 0.471. The predicted octanol–water partition coefficient (Wildman–Crippen LogP) is -0.663. The van der Waals surface area contributed by atoms with Crippen LogP contribution in [0.3, 0.4) is 0 Å². The molecule has 0 amide bonds. The molecular formula is C7H14N2O. The van der Waals surface area contributed by atoms with Crippen molar-refractivity contribution in [2.45, 2.75) is 18.5 Å². The Hall–Kier alpha value is -0.120. The summed E-state index contributed by atoms with van der Waals surface area (Å²) in [5, 5.41) is 6.91. The van der Waals surface area contributed by atoms with Crippen molar-refractivity contribution in [3.8, 4) is 0 Å². The lowest BCUT2D eigenvalue weighted by Crippen LogP contribution is -2.59. The van der Waals surface area contributed by atoms with Crippen LogP contribution in [-0.2, 0) is 4.74 Å². The van der Waals surface area contributed by atoms with Crippen molar-refractivity contribution in [3.05, 3.63) is 0 Å². The van der Waals surface area contributed by atoms with Crippen LogP contribution in [0.1, 0.15) is 6.42 Å². The van der Waals surface area contributed by atoms with Crippen LogP contribution in [0, 0.1) is 0 Å². The van der Waals surface area contributed by atoms with Gasteiger partial charge in [-0.25, -0.2) is 0 Å². The first-order valence-electron chi connectivity index (χ1n) is 4.01. The molecule has 2 unspecified atom stereocenters. The van der Waals surface area contributed by atoms with E-state index in [1.54, 1.807) is 0 Å². The number of hydrogen-bond donors (Lipinski definition) is 2. The normalized spacial score (nSPS) is 40.8. The van der Waals surface area contributed by atoms with Crippen LogP contribution in [0.5, 0.6) is 0 Å². The molecule has 2 aliphatic heterocycles. The predicted molar refractivity (Wildman–Crippen MR) is 39.0 cm³/mol. The van der Waals surface area contributed by atoms with Gasteiger partial charge in [0.2, 0.25) is 0 Å². The summed E-state index contributed by atoms with van der Waals surface area (Å²) in [6.45, 7) is 4.01. The number of fused-ring (bicyclic) bond motifs is 1. The SMILES string of the molecule is C1CNC2COCCC2N1. The summed E-state index contributed by atoms with van der Waals surface area (Å²) in [5.41, 5.74) is 0. The maximum atomic E-state index is 5.34. The molecule has 2 atom stereocenters. The molecule has 0 aromatic heterocycles. The molecule has 2 heterocycles. The summed E-state index contributed by atoms with van der Waals surface area (Å²) in [6, 6.07) is 1.24. The van der Waals surface area contributed by atoms with Gasteiger partial charge in [0.15, 0.2) is 0 Å². The molecular weight excluding hydrogens is 128 g/mol. The van der Waals surface area contributed by atoms with Gasteiger partial charge in [0.1, 0.15) is 0 Å². The summed E-state index contributed by atoms with van der Waals surface area (Å²) in [5.74, 6) is 0. The van der Waals surface area contributed by atoms with Crippen LogP contribution in [0.4, 0.5) is 0 Å². The molecule has 0 saturated carbocycles. The minimum absolute atomic E-state index is 0.572. The summed E-state index contributed by atoms with van der Waals surface area (Å²) < 4.78 is 5.34. The monoisotopic (exact) mass is 142 g/mol. The molecule has 2 N–H and O–H groups in total. The first kappa shape index (κ1) is 6.58. The van der Waals surface area contributed by atoms with Crippen LogP contribution >= 0.6 is 0 Å². The van der Waals surface area contributed by atoms with E-state index < -0.39 is 0 Å². The molecule has 0 aromatic carbocycles. The topological polar surface area (TPSA) is 33.3 Å². The van der Waals surface area contributed by atoms with Gasteiger partial charge in [0.25, 0.3) is 0 Å². The molecule has 10 heavy (non-hydrogen) atoms. The van der Waals surface area contributed by atoms with Crippen LogP contribution in [0.2, 0.25) is 0 Å². The Morgan fingerprint density at radius 1 is 1.10 bits per heavy atom. The Bertz CT molecular complexity index is 92.2. The maximum absolute atomic E-state index is 5.34. The van der Waals surface area contributed by atoms with E-state index in [4.69, 9.17) is 4.74 Å². The molecule has 58 valence electrons. The highest BCUT2D eigenvalue weighted by molar-refractivity contribution is 4.88. The van der Waals surface area contributed by atoms with Gasteiger partial charge in [-0.05, 0) is 6.42 Å². The van der Waals surface area contributed by atoms with Crippen LogP contribution < -0.4 is 10.6 Å². The van der Waals surface area contributed by atoms with Crippen molar-refractivity contribution in [1.82, 2.24) is 10.6 Å². The van der Waals surface area contributed by atoms with Crippen molar-refractivity contribution < 1.29 is 4.74 Å². The van der Waals surface area contributed by atoms with E-state index in [1.165, 1.54) is 0 Å². The molecule has 0 spiro atoms. The van der Waals surface area contributed by atoms with Crippen molar-refractivity contribution in [2.24, 2.45) is 0 Å².